The number of esters is 1. The van der Waals surface area contributed by atoms with Gasteiger partial charge in [0.1, 0.15) is 0 Å². The molecule has 1 aromatic carbocycles. The lowest BCUT2D eigenvalue weighted by molar-refractivity contribution is -0.142. The van der Waals surface area contributed by atoms with Gasteiger partial charge < -0.3 is 14.2 Å². The van der Waals surface area contributed by atoms with Crippen molar-refractivity contribution in [3.63, 3.8) is 0 Å². The predicted molar refractivity (Wildman–Crippen MR) is 74.6 cm³/mol. The fraction of sp³-hybridized carbons (Fsp3) is 0.500. The van der Waals surface area contributed by atoms with Crippen LogP contribution in [0.2, 0.25) is 0 Å². The van der Waals surface area contributed by atoms with Crippen LogP contribution in [-0.2, 0) is 20.3 Å². The fourth-order valence-electron chi connectivity index (χ4n) is 1.81. The van der Waals surface area contributed by atoms with Crippen molar-refractivity contribution in [2.75, 3.05) is 25.6 Å². The zero-order valence-electron chi connectivity index (χ0n) is 11.4. The molecule has 2 rings (SSSR count). The molecule has 0 fully saturated rings. The van der Waals surface area contributed by atoms with Gasteiger partial charge in [-0.25, -0.2) is 0 Å². The van der Waals surface area contributed by atoms with Crippen LogP contribution in [0.5, 0.6) is 11.5 Å². The molecule has 0 aromatic heterocycles. The average Bonchev–Trinajstić information content (AvgIpc) is 2.69. The van der Waals surface area contributed by atoms with Gasteiger partial charge in [-0.2, -0.15) is 0 Å². The van der Waals surface area contributed by atoms with Gasteiger partial charge in [0.2, 0.25) is 0 Å². The van der Waals surface area contributed by atoms with Gasteiger partial charge in [-0.05, 0) is 19.1 Å². The molecule has 5 nitrogen and oxygen atoms in total. The van der Waals surface area contributed by atoms with Crippen molar-refractivity contribution < 1.29 is 23.2 Å². The number of carbonyl (C=O) groups excluding carboxylic acids is 1. The summed E-state index contributed by atoms with van der Waals surface area (Å²) in [6, 6.07) is 5.23. The molecule has 0 aliphatic carbocycles. The Morgan fingerprint density at radius 1 is 1.30 bits per heavy atom. The van der Waals surface area contributed by atoms with Crippen LogP contribution in [0.25, 0.3) is 0 Å². The van der Waals surface area contributed by atoms with E-state index in [2.05, 4.69) is 0 Å². The quantitative estimate of drug-likeness (QED) is 0.777. The van der Waals surface area contributed by atoms with E-state index in [1.807, 2.05) is 0 Å². The Hall–Kier alpha value is -1.56. The first-order chi connectivity index (χ1) is 9.70. The molecular formula is C14H18O5S. The monoisotopic (exact) mass is 298 g/mol. The molecule has 0 N–H and O–H groups in total. The number of rotatable bonds is 5. The molecule has 1 aliphatic heterocycles. The molecule has 0 amide bonds. The number of hydrogen-bond donors (Lipinski definition) is 0. The Balaban J connectivity index is 2.00. The molecule has 0 saturated carbocycles. The summed E-state index contributed by atoms with van der Waals surface area (Å²) in [4.78, 5) is 11.9. The molecule has 0 bridgehead atoms. The van der Waals surface area contributed by atoms with Crippen LogP contribution in [0.4, 0.5) is 0 Å². The second-order valence-corrected chi connectivity index (χ2v) is 5.83. The molecule has 6 heteroatoms. The minimum atomic E-state index is -1.25. The van der Waals surface area contributed by atoms with Crippen LogP contribution in [-0.4, -0.2) is 35.8 Å². The number of ether oxygens (including phenoxy) is 3. The lowest BCUT2D eigenvalue weighted by atomic mass is 10.3. The number of hydrogen-bond acceptors (Lipinski definition) is 5. The lowest BCUT2D eigenvalue weighted by Crippen LogP contribution is -2.09. The molecule has 0 spiro atoms. The van der Waals surface area contributed by atoms with Crippen molar-refractivity contribution in [3.8, 4) is 11.5 Å². The maximum Gasteiger partial charge on any atom is 0.306 e. The van der Waals surface area contributed by atoms with Crippen LogP contribution in [0.15, 0.2) is 23.1 Å². The molecule has 1 aromatic rings. The second-order valence-electron chi connectivity index (χ2n) is 4.26. The first-order valence-electron chi connectivity index (χ1n) is 6.64. The van der Waals surface area contributed by atoms with Gasteiger partial charge in [-0.15, -0.1) is 0 Å². The van der Waals surface area contributed by atoms with E-state index < -0.39 is 10.8 Å². The van der Waals surface area contributed by atoms with Crippen molar-refractivity contribution in [3.05, 3.63) is 18.2 Å². The van der Waals surface area contributed by atoms with Crippen LogP contribution in [0.3, 0.4) is 0 Å². The van der Waals surface area contributed by atoms with Gasteiger partial charge >= 0.3 is 5.97 Å². The van der Waals surface area contributed by atoms with Crippen LogP contribution in [0, 0.1) is 0 Å². The third-order valence-electron chi connectivity index (χ3n) is 2.78. The van der Waals surface area contributed by atoms with Gasteiger partial charge in [0.25, 0.3) is 0 Å². The minimum Gasteiger partial charge on any atom is -0.490 e. The zero-order valence-corrected chi connectivity index (χ0v) is 12.2. The molecule has 110 valence electrons. The van der Waals surface area contributed by atoms with E-state index in [1.165, 1.54) is 0 Å². The van der Waals surface area contributed by atoms with E-state index in [1.54, 1.807) is 25.1 Å². The highest BCUT2D eigenvalue weighted by atomic mass is 32.2. The Morgan fingerprint density at radius 3 is 2.80 bits per heavy atom. The standard InChI is InChI=1S/C14H18O5S/c1-2-17-14(15)6-9-20(16)11-4-5-12-13(10-11)19-8-3-7-18-12/h4-5,10H,2-3,6-9H2,1H3. The Kier molecular flexibility index (Phi) is 5.40. The van der Waals surface area contributed by atoms with Gasteiger partial charge in [0.15, 0.2) is 11.5 Å². The predicted octanol–water partition coefficient (Wildman–Crippen LogP) is 1.91. The summed E-state index contributed by atoms with van der Waals surface area (Å²) in [6.45, 7) is 3.30. The normalized spacial score (nSPS) is 15.2. The van der Waals surface area contributed by atoms with Crippen LogP contribution >= 0.6 is 0 Å². The molecule has 0 radical (unpaired) electrons. The SMILES string of the molecule is CCOC(=O)CCS(=O)c1ccc2c(c1)OCCCO2. The number of fused-ring (bicyclic) bond motifs is 1. The number of benzene rings is 1. The van der Waals surface area contributed by atoms with Gasteiger partial charge in [0.05, 0.1) is 37.0 Å². The fourth-order valence-corrected chi connectivity index (χ4v) is 2.86. The molecular weight excluding hydrogens is 280 g/mol. The Morgan fingerprint density at radius 2 is 2.05 bits per heavy atom. The molecule has 1 heterocycles. The summed E-state index contributed by atoms with van der Waals surface area (Å²) >= 11 is 0. The van der Waals surface area contributed by atoms with Gasteiger partial charge in [-0.3, -0.25) is 9.00 Å². The topological polar surface area (TPSA) is 61.8 Å². The highest BCUT2D eigenvalue weighted by Gasteiger charge is 2.14. The van der Waals surface area contributed by atoms with E-state index in [-0.39, 0.29) is 18.1 Å². The molecule has 1 atom stereocenters. The highest BCUT2D eigenvalue weighted by molar-refractivity contribution is 7.85. The summed E-state index contributed by atoms with van der Waals surface area (Å²) in [6.07, 6.45) is 0.977. The van der Waals surface area contributed by atoms with Crippen molar-refractivity contribution in [1.82, 2.24) is 0 Å². The lowest BCUT2D eigenvalue weighted by Gasteiger charge is -2.09. The van der Waals surface area contributed by atoms with Gasteiger partial charge in [0, 0.05) is 23.1 Å². The molecule has 20 heavy (non-hydrogen) atoms. The van der Waals surface area contributed by atoms with Crippen molar-refractivity contribution in [1.29, 1.82) is 0 Å². The summed E-state index contributed by atoms with van der Waals surface area (Å²) in [5.74, 6) is 1.21. The molecule has 0 saturated heterocycles. The smallest absolute Gasteiger partial charge is 0.306 e. The van der Waals surface area contributed by atoms with Crippen molar-refractivity contribution in [2.45, 2.75) is 24.7 Å². The number of carbonyl (C=O) groups is 1. The van der Waals surface area contributed by atoms with E-state index in [9.17, 15) is 9.00 Å². The molecule has 1 unspecified atom stereocenters. The van der Waals surface area contributed by atoms with Crippen LogP contribution < -0.4 is 9.47 Å². The van der Waals surface area contributed by atoms with Crippen molar-refractivity contribution in [2.24, 2.45) is 0 Å². The van der Waals surface area contributed by atoms with Gasteiger partial charge in [-0.1, -0.05) is 0 Å². The molecule has 1 aliphatic rings. The summed E-state index contributed by atoms with van der Waals surface area (Å²) in [7, 11) is -1.25. The van der Waals surface area contributed by atoms with E-state index in [0.29, 0.717) is 36.2 Å². The summed E-state index contributed by atoms with van der Waals surface area (Å²) < 4.78 is 28.0. The Bertz CT molecular complexity index is 500. The maximum absolute atomic E-state index is 12.1. The zero-order chi connectivity index (χ0) is 14.4. The highest BCUT2D eigenvalue weighted by Crippen LogP contribution is 2.31. The summed E-state index contributed by atoms with van der Waals surface area (Å²) in [5, 5.41) is 0. The summed E-state index contributed by atoms with van der Waals surface area (Å²) in [5.41, 5.74) is 0. The van der Waals surface area contributed by atoms with Crippen LogP contribution in [0.1, 0.15) is 19.8 Å². The average molecular weight is 298 g/mol. The maximum atomic E-state index is 12.1. The third kappa shape index (κ3) is 3.96. The van der Waals surface area contributed by atoms with E-state index >= 15 is 0 Å². The second kappa shape index (κ2) is 7.28. The first kappa shape index (κ1) is 14.8. The minimum absolute atomic E-state index is 0.148. The van der Waals surface area contributed by atoms with Crippen molar-refractivity contribution >= 4 is 16.8 Å². The van der Waals surface area contributed by atoms with E-state index in [4.69, 9.17) is 14.2 Å². The first-order valence-corrected chi connectivity index (χ1v) is 7.96. The Labute approximate surface area is 120 Å². The largest absolute Gasteiger partial charge is 0.490 e. The third-order valence-corrected chi connectivity index (χ3v) is 4.13. The van der Waals surface area contributed by atoms with E-state index in [0.717, 1.165) is 6.42 Å².